The summed E-state index contributed by atoms with van der Waals surface area (Å²) < 4.78 is 10.5. The van der Waals surface area contributed by atoms with Crippen LogP contribution in [0.4, 0.5) is 0 Å². The molecule has 0 radical (unpaired) electrons. The molecule has 0 heterocycles. The minimum Gasteiger partial charge on any atom is -0.355 e. The van der Waals surface area contributed by atoms with E-state index in [0.717, 1.165) is 0 Å². The van der Waals surface area contributed by atoms with Crippen molar-refractivity contribution in [3.63, 3.8) is 0 Å². The number of ether oxygens (including phenoxy) is 2. The van der Waals surface area contributed by atoms with Crippen LogP contribution >= 0.6 is 8.07 Å². The zero-order valence-corrected chi connectivity index (χ0v) is 12.7. The van der Waals surface area contributed by atoms with E-state index in [1.165, 1.54) is 10.6 Å². The van der Waals surface area contributed by atoms with Crippen LogP contribution in [0.25, 0.3) is 0 Å². The van der Waals surface area contributed by atoms with Crippen molar-refractivity contribution >= 4 is 18.7 Å². The molecule has 2 rings (SSSR count). The van der Waals surface area contributed by atoms with E-state index in [4.69, 9.17) is 9.47 Å². The lowest BCUT2D eigenvalue weighted by atomic mass is 10.4. The van der Waals surface area contributed by atoms with Gasteiger partial charge in [0.2, 0.25) is 0 Å². The first-order valence-electron chi connectivity index (χ1n) is 6.54. The highest BCUT2D eigenvalue weighted by atomic mass is 31.1. The molecule has 0 unspecified atom stereocenters. The van der Waals surface area contributed by atoms with Crippen molar-refractivity contribution in [2.24, 2.45) is 0 Å². The van der Waals surface area contributed by atoms with Crippen LogP contribution in [-0.4, -0.2) is 27.1 Å². The molecule has 2 aromatic rings. The second-order valence-electron chi connectivity index (χ2n) is 4.27. The first-order valence-corrected chi connectivity index (χ1v) is 7.88. The third-order valence-electron chi connectivity index (χ3n) is 2.97. The van der Waals surface area contributed by atoms with Crippen molar-refractivity contribution in [2.45, 2.75) is 6.29 Å². The Hall–Kier alpha value is -1.25. The third kappa shape index (κ3) is 4.12. The maximum atomic E-state index is 5.25. The number of nitrogens with one attached hydrogen (secondary N) is 1. The zero-order valence-electron chi connectivity index (χ0n) is 11.8. The first kappa shape index (κ1) is 15.1. The largest absolute Gasteiger partial charge is 0.355 e. The summed E-state index contributed by atoms with van der Waals surface area (Å²) in [6.07, 6.45) is -0.229. The van der Waals surface area contributed by atoms with Gasteiger partial charge in [0.15, 0.2) is 6.29 Å². The highest BCUT2D eigenvalue weighted by Gasteiger charge is 2.15. The molecule has 0 aliphatic carbocycles. The van der Waals surface area contributed by atoms with Gasteiger partial charge >= 0.3 is 0 Å². The summed E-state index contributed by atoms with van der Waals surface area (Å²) in [4.78, 5) is 0. The fraction of sp³-hybridized carbons (Fsp3) is 0.250. The molecular formula is C16H20NO2P. The van der Waals surface area contributed by atoms with Crippen molar-refractivity contribution in [1.82, 2.24) is 5.09 Å². The van der Waals surface area contributed by atoms with Gasteiger partial charge < -0.3 is 9.47 Å². The van der Waals surface area contributed by atoms with Gasteiger partial charge in [-0.1, -0.05) is 60.7 Å². The molecule has 0 aromatic heterocycles. The molecule has 0 atom stereocenters. The molecule has 0 spiro atoms. The average molecular weight is 289 g/mol. The summed E-state index contributed by atoms with van der Waals surface area (Å²) >= 11 is 0. The van der Waals surface area contributed by atoms with E-state index in [-0.39, 0.29) is 6.29 Å². The lowest BCUT2D eigenvalue weighted by Crippen LogP contribution is -2.32. The van der Waals surface area contributed by atoms with Crippen molar-refractivity contribution < 1.29 is 9.47 Å². The normalized spacial score (nSPS) is 11.2. The number of benzene rings is 2. The molecule has 4 heteroatoms. The number of methoxy groups -OCH3 is 2. The van der Waals surface area contributed by atoms with Crippen molar-refractivity contribution in [3.8, 4) is 0 Å². The van der Waals surface area contributed by atoms with Crippen LogP contribution in [0.5, 0.6) is 0 Å². The standard InChI is InChI=1S/C16H20NO2P/c1-18-16(19-2)13-17-20(14-9-5-3-6-10-14)15-11-7-4-8-12-15/h3-12,16-17H,13H2,1-2H3. The number of rotatable bonds is 7. The Morgan fingerprint density at radius 2 is 1.30 bits per heavy atom. The molecule has 0 aliphatic heterocycles. The van der Waals surface area contributed by atoms with Crippen LogP contribution in [0.2, 0.25) is 0 Å². The van der Waals surface area contributed by atoms with Gasteiger partial charge in [-0.3, -0.25) is 5.09 Å². The SMILES string of the molecule is COC(CNP(c1ccccc1)c1ccccc1)OC. The minimum atomic E-state index is -0.605. The van der Waals surface area contributed by atoms with Gasteiger partial charge in [-0.25, -0.2) is 0 Å². The Morgan fingerprint density at radius 3 is 1.70 bits per heavy atom. The zero-order chi connectivity index (χ0) is 14.2. The van der Waals surface area contributed by atoms with Crippen LogP contribution in [0, 0.1) is 0 Å². The topological polar surface area (TPSA) is 30.5 Å². The van der Waals surface area contributed by atoms with Gasteiger partial charge in [-0.2, -0.15) is 0 Å². The van der Waals surface area contributed by atoms with Gasteiger partial charge in [0.25, 0.3) is 0 Å². The van der Waals surface area contributed by atoms with Crippen molar-refractivity contribution in [2.75, 3.05) is 20.8 Å². The summed E-state index contributed by atoms with van der Waals surface area (Å²) in [5.74, 6) is 0. The molecule has 106 valence electrons. The predicted molar refractivity (Wildman–Crippen MR) is 84.9 cm³/mol. The molecule has 2 aromatic carbocycles. The van der Waals surface area contributed by atoms with Crippen LogP contribution in [0.15, 0.2) is 60.7 Å². The van der Waals surface area contributed by atoms with E-state index in [1.807, 2.05) is 12.1 Å². The second-order valence-corrected chi connectivity index (χ2v) is 6.29. The summed E-state index contributed by atoms with van der Waals surface area (Å²) in [7, 11) is 2.71. The highest BCUT2D eigenvalue weighted by molar-refractivity contribution is 7.71. The Bertz CT molecular complexity index is 449. The predicted octanol–water partition coefficient (Wildman–Crippen LogP) is 2.24. The van der Waals surface area contributed by atoms with Crippen LogP contribution in [-0.2, 0) is 9.47 Å². The minimum absolute atomic E-state index is 0.229. The Labute approximate surface area is 121 Å². The maximum Gasteiger partial charge on any atom is 0.169 e. The van der Waals surface area contributed by atoms with Crippen LogP contribution in [0.1, 0.15) is 0 Å². The maximum absolute atomic E-state index is 5.25. The van der Waals surface area contributed by atoms with E-state index in [1.54, 1.807) is 14.2 Å². The molecule has 3 nitrogen and oxygen atoms in total. The van der Waals surface area contributed by atoms with Gasteiger partial charge in [0, 0.05) is 22.3 Å². The lowest BCUT2D eigenvalue weighted by Gasteiger charge is -2.22. The average Bonchev–Trinajstić information content (AvgIpc) is 2.53. The highest BCUT2D eigenvalue weighted by Crippen LogP contribution is 2.28. The monoisotopic (exact) mass is 289 g/mol. The van der Waals surface area contributed by atoms with Gasteiger partial charge in [0.05, 0.1) is 6.54 Å². The van der Waals surface area contributed by atoms with Gasteiger partial charge in [-0.15, -0.1) is 0 Å². The molecule has 0 bridgehead atoms. The Balaban J connectivity index is 2.17. The molecule has 0 saturated carbocycles. The number of hydrogen-bond donors (Lipinski definition) is 1. The summed E-state index contributed by atoms with van der Waals surface area (Å²) in [6.45, 7) is 0.655. The van der Waals surface area contributed by atoms with Crippen molar-refractivity contribution in [1.29, 1.82) is 0 Å². The lowest BCUT2D eigenvalue weighted by molar-refractivity contribution is -0.0959. The van der Waals surface area contributed by atoms with E-state index in [0.29, 0.717) is 6.54 Å². The molecular weight excluding hydrogens is 269 g/mol. The summed E-state index contributed by atoms with van der Waals surface area (Å²) in [5.41, 5.74) is 0. The van der Waals surface area contributed by atoms with Crippen molar-refractivity contribution in [3.05, 3.63) is 60.7 Å². The first-order chi connectivity index (χ1) is 9.85. The summed E-state index contributed by atoms with van der Waals surface area (Å²) in [6, 6.07) is 21.0. The van der Waals surface area contributed by atoms with E-state index < -0.39 is 8.07 Å². The molecule has 0 amide bonds. The Kier molecular flexibility index (Phi) is 6.16. The third-order valence-corrected chi connectivity index (χ3v) is 5.10. The fourth-order valence-electron chi connectivity index (χ4n) is 1.91. The molecule has 20 heavy (non-hydrogen) atoms. The molecule has 0 fully saturated rings. The fourth-order valence-corrected chi connectivity index (χ4v) is 3.85. The van der Waals surface area contributed by atoms with Crippen LogP contribution < -0.4 is 15.7 Å². The van der Waals surface area contributed by atoms with E-state index in [9.17, 15) is 0 Å². The summed E-state index contributed by atoms with van der Waals surface area (Å²) in [5, 5.41) is 6.15. The van der Waals surface area contributed by atoms with E-state index in [2.05, 4.69) is 53.6 Å². The molecule has 1 N–H and O–H groups in total. The molecule has 0 aliphatic rings. The second kappa shape index (κ2) is 8.13. The number of hydrogen-bond acceptors (Lipinski definition) is 3. The quantitative estimate of drug-likeness (QED) is 0.626. The van der Waals surface area contributed by atoms with Gasteiger partial charge in [0.1, 0.15) is 0 Å². The van der Waals surface area contributed by atoms with Crippen LogP contribution in [0.3, 0.4) is 0 Å². The molecule has 0 saturated heterocycles. The van der Waals surface area contributed by atoms with E-state index >= 15 is 0 Å². The Morgan fingerprint density at radius 1 is 0.850 bits per heavy atom. The smallest absolute Gasteiger partial charge is 0.169 e. The van der Waals surface area contributed by atoms with Gasteiger partial charge in [-0.05, 0) is 10.6 Å².